The SMILES string of the molecule is COc1ccc(C(NC(=O)c2cncn2C)C2CC(O)C2)cn1. The number of nitrogens with zero attached hydrogens (tertiary/aromatic N) is 3. The lowest BCUT2D eigenvalue weighted by molar-refractivity contribution is 0.0233. The summed E-state index contributed by atoms with van der Waals surface area (Å²) in [6.45, 7) is 0. The van der Waals surface area contributed by atoms with Crippen molar-refractivity contribution in [1.29, 1.82) is 0 Å². The maximum atomic E-state index is 12.5. The largest absolute Gasteiger partial charge is 0.481 e. The molecule has 2 heterocycles. The van der Waals surface area contributed by atoms with Gasteiger partial charge in [-0.15, -0.1) is 0 Å². The number of aryl methyl sites for hydroxylation is 1. The molecule has 1 amide bonds. The number of carbonyl (C=O) groups is 1. The van der Waals surface area contributed by atoms with E-state index in [-0.39, 0.29) is 24.0 Å². The van der Waals surface area contributed by atoms with Crippen LogP contribution in [-0.4, -0.2) is 38.8 Å². The summed E-state index contributed by atoms with van der Waals surface area (Å²) in [5.41, 5.74) is 1.40. The lowest BCUT2D eigenvalue weighted by Gasteiger charge is -2.38. The summed E-state index contributed by atoms with van der Waals surface area (Å²) in [5.74, 6) is 0.531. The Morgan fingerprint density at radius 2 is 2.22 bits per heavy atom. The first-order valence-electron chi connectivity index (χ1n) is 7.53. The molecule has 2 aromatic rings. The zero-order valence-electron chi connectivity index (χ0n) is 13.1. The third-order valence-corrected chi connectivity index (χ3v) is 4.28. The number of aliphatic hydroxyl groups is 1. The average molecular weight is 316 g/mol. The van der Waals surface area contributed by atoms with Crippen LogP contribution in [0.1, 0.15) is 34.9 Å². The van der Waals surface area contributed by atoms with Crippen LogP contribution in [0.5, 0.6) is 5.88 Å². The Hall–Kier alpha value is -2.41. The molecule has 1 fully saturated rings. The number of carbonyl (C=O) groups excluding carboxylic acids is 1. The predicted octanol–water partition coefficient (Wildman–Crippen LogP) is 1.07. The van der Waals surface area contributed by atoms with E-state index in [1.165, 1.54) is 6.20 Å². The van der Waals surface area contributed by atoms with Crippen LogP contribution >= 0.6 is 0 Å². The molecule has 2 N–H and O–H groups in total. The summed E-state index contributed by atoms with van der Waals surface area (Å²) >= 11 is 0. The average Bonchev–Trinajstić information content (AvgIpc) is 2.96. The highest BCUT2D eigenvalue weighted by molar-refractivity contribution is 5.92. The number of ether oxygens (including phenoxy) is 1. The maximum absolute atomic E-state index is 12.5. The molecule has 1 unspecified atom stereocenters. The number of pyridine rings is 1. The van der Waals surface area contributed by atoms with Crippen LogP contribution in [-0.2, 0) is 7.05 Å². The van der Waals surface area contributed by atoms with Gasteiger partial charge in [0, 0.05) is 19.3 Å². The molecule has 1 aliphatic rings. The number of methoxy groups -OCH3 is 1. The van der Waals surface area contributed by atoms with Crippen LogP contribution in [0, 0.1) is 5.92 Å². The summed E-state index contributed by atoms with van der Waals surface area (Å²) in [7, 11) is 3.34. The van der Waals surface area contributed by atoms with E-state index in [0.717, 1.165) is 5.56 Å². The van der Waals surface area contributed by atoms with Crippen LogP contribution in [0.2, 0.25) is 0 Å². The van der Waals surface area contributed by atoms with Gasteiger partial charge < -0.3 is 19.7 Å². The van der Waals surface area contributed by atoms with E-state index in [9.17, 15) is 9.90 Å². The van der Waals surface area contributed by atoms with Gasteiger partial charge in [-0.2, -0.15) is 0 Å². The molecule has 0 spiro atoms. The van der Waals surface area contributed by atoms with E-state index in [1.807, 2.05) is 6.07 Å². The van der Waals surface area contributed by atoms with Gasteiger partial charge in [-0.3, -0.25) is 4.79 Å². The van der Waals surface area contributed by atoms with Crippen molar-refractivity contribution in [2.45, 2.75) is 25.0 Å². The van der Waals surface area contributed by atoms with Gasteiger partial charge in [-0.25, -0.2) is 9.97 Å². The Kier molecular flexibility index (Phi) is 4.29. The van der Waals surface area contributed by atoms with E-state index in [4.69, 9.17) is 4.74 Å². The second-order valence-corrected chi connectivity index (χ2v) is 5.86. The number of rotatable bonds is 5. The van der Waals surface area contributed by atoms with Crippen molar-refractivity contribution in [3.05, 3.63) is 42.1 Å². The first-order valence-corrected chi connectivity index (χ1v) is 7.53. The van der Waals surface area contributed by atoms with Crippen molar-refractivity contribution < 1.29 is 14.6 Å². The predicted molar refractivity (Wildman–Crippen MR) is 82.9 cm³/mol. The molecule has 0 radical (unpaired) electrons. The normalized spacial score (nSPS) is 21.3. The Labute approximate surface area is 134 Å². The van der Waals surface area contributed by atoms with Crippen molar-refractivity contribution in [3.8, 4) is 5.88 Å². The number of aliphatic hydroxyl groups excluding tert-OH is 1. The smallest absolute Gasteiger partial charge is 0.270 e. The molecule has 1 saturated carbocycles. The standard InChI is InChI=1S/C16H20N4O3/c1-20-9-17-8-13(20)16(22)19-15(11-5-12(21)6-11)10-3-4-14(23-2)18-7-10/h3-4,7-9,11-12,15,21H,5-6H2,1-2H3,(H,19,22). The second kappa shape index (κ2) is 6.37. The Morgan fingerprint density at radius 1 is 1.43 bits per heavy atom. The summed E-state index contributed by atoms with van der Waals surface area (Å²) in [6.07, 6.45) is 5.88. The van der Waals surface area contributed by atoms with Crippen molar-refractivity contribution in [2.24, 2.45) is 13.0 Å². The van der Waals surface area contributed by atoms with Crippen molar-refractivity contribution in [2.75, 3.05) is 7.11 Å². The fourth-order valence-corrected chi connectivity index (χ4v) is 2.86. The third-order valence-electron chi connectivity index (χ3n) is 4.28. The van der Waals surface area contributed by atoms with Crippen molar-refractivity contribution in [3.63, 3.8) is 0 Å². The molecule has 0 aliphatic heterocycles. The lowest BCUT2D eigenvalue weighted by Crippen LogP contribution is -2.41. The minimum atomic E-state index is -0.290. The number of aromatic nitrogens is 3. The van der Waals surface area contributed by atoms with E-state index in [2.05, 4.69) is 15.3 Å². The topological polar surface area (TPSA) is 89.3 Å². The zero-order valence-corrected chi connectivity index (χ0v) is 13.1. The van der Waals surface area contributed by atoms with Gasteiger partial charge in [0.1, 0.15) is 5.69 Å². The molecule has 2 aromatic heterocycles. The third kappa shape index (κ3) is 3.19. The number of imidazole rings is 1. The second-order valence-electron chi connectivity index (χ2n) is 5.86. The molecule has 0 bridgehead atoms. The molecular weight excluding hydrogens is 296 g/mol. The minimum Gasteiger partial charge on any atom is -0.481 e. The zero-order chi connectivity index (χ0) is 16.4. The molecular formula is C16H20N4O3. The fraction of sp³-hybridized carbons (Fsp3) is 0.438. The van der Waals surface area contributed by atoms with Gasteiger partial charge in [-0.05, 0) is 24.3 Å². The molecule has 3 rings (SSSR count). The van der Waals surface area contributed by atoms with E-state index >= 15 is 0 Å². The molecule has 23 heavy (non-hydrogen) atoms. The quantitative estimate of drug-likeness (QED) is 0.861. The summed E-state index contributed by atoms with van der Waals surface area (Å²) in [4.78, 5) is 20.7. The van der Waals surface area contributed by atoms with Gasteiger partial charge in [0.15, 0.2) is 0 Å². The van der Waals surface area contributed by atoms with Crippen LogP contribution < -0.4 is 10.1 Å². The Balaban J connectivity index is 1.80. The first kappa shape index (κ1) is 15.5. The highest BCUT2D eigenvalue weighted by Gasteiger charge is 2.36. The fourth-order valence-electron chi connectivity index (χ4n) is 2.86. The summed E-state index contributed by atoms with van der Waals surface area (Å²) in [5, 5.41) is 12.6. The van der Waals surface area contributed by atoms with Gasteiger partial charge in [0.25, 0.3) is 5.91 Å². The molecule has 1 aliphatic carbocycles. The molecule has 0 aromatic carbocycles. The van der Waals surface area contributed by atoms with Gasteiger partial charge >= 0.3 is 0 Å². The lowest BCUT2D eigenvalue weighted by atomic mass is 9.75. The van der Waals surface area contributed by atoms with E-state index < -0.39 is 0 Å². The van der Waals surface area contributed by atoms with Crippen molar-refractivity contribution >= 4 is 5.91 Å². The molecule has 7 heteroatoms. The molecule has 7 nitrogen and oxygen atoms in total. The van der Waals surface area contributed by atoms with Crippen LogP contribution in [0.4, 0.5) is 0 Å². The van der Waals surface area contributed by atoms with Crippen LogP contribution in [0.15, 0.2) is 30.9 Å². The van der Waals surface area contributed by atoms with Gasteiger partial charge in [0.2, 0.25) is 5.88 Å². The maximum Gasteiger partial charge on any atom is 0.270 e. The monoisotopic (exact) mass is 316 g/mol. The van der Waals surface area contributed by atoms with Gasteiger partial charge in [-0.1, -0.05) is 6.07 Å². The first-order chi connectivity index (χ1) is 11.1. The highest BCUT2D eigenvalue weighted by Crippen LogP contribution is 2.38. The molecule has 122 valence electrons. The number of hydrogen-bond acceptors (Lipinski definition) is 5. The molecule has 0 saturated heterocycles. The molecule has 1 atom stereocenters. The van der Waals surface area contributed by atoms with Crippen molar-refractivity contribution in [1.82, 2.24) is 19.9 Å². The summed E-state index contributed by atoms with van der Waals surface area (Å²) in [6, 6.07) is 3.47. The van der Waals surface area contributed by atoms with Crippen LogP contribution in [0.3, 0.4) is 0 Å². The Bertz CT molecular complexity index is 677. The Morgan fingerprint density at radius 3 is 2.74 bits per heavy atom. The van der Waals surface area contributed by atoms with Crippen LogP contribution in [0.25, 0.3) is 0 Å². The van der Waals surface area contributed by atoms with E-state index in [1.54, 1.807) is 37.3 Å². The number of hydrogen-bond donors (Lipinski definition) is 2. The summed E-state index contributed by atoms with van der Waals surface area (Å²) < 4.78 is 6.75. The number of amides is 1. The highest BCUT2D eigenvalue weighted by atomic mass is 16.5. The number of nitrogens with one attached hydrogen (secondary N) is 1. The van der Waals surface area contributed by atoms with Gasteiger partial charge in [0.05, 0.1) is 31.8 Å². The van der Waals surface area contributed by atoms with E-state index in [0.29, 0.717) is 24.4 Å². The minimum absolute atomic E-state index is 0.188.